The van der Waals surface area contributed by atoms with E-state index >= 15 is 0 Å². The van der Waals surface area contributed by atoms with Crippen molar-refractivity contribution in [2.45, 2.75) is 50.7 Å². The Bertz CT molecular complexity index is 937. The van der Waals surface area contributed by atoms with Gasteiger partial charge < -0.3 is 36.6 Å². The average Bonchev–Trinajstić information content (AvgIpc) is 3.15. The van der Waals surface area contributed by atoms with Gasteiger partial charge in [-0.15, -0.1) is 0 Å². The summed E-state index contributed by atoms with van der Waals surface area (Å²) < 4.78 is 16.9. The van der Waals surface area contributed by atoms with E-state index in [9.17, 15) is 9.59 Å². The number of esters is 1. The summed E-state index contributed by atoms with van der Waals surface area (Å²) >= 11 is 0. The summed E-state index contributed by atoms with van der Waals surface area (Å²) in [4.78, 5) is 23.7. The summed E-state index contributed by atoms with van der Waals surface area (Å²) in [5, 5.41) is 8.70. The second-order valence-electron chi connectivity index (χ2n) is 8.59. The first kappa shape index (κ1) is 27.5. The fraction of sp³-hybridized carbons (Fsp3) is 0.462. The van der Waals surface area contributed by atoms with Crippen molar-refractivity contribution in [3.05, 3.63) is 59.7 Å². The Kier molecular flexibility index (Phi) is 11.2. The monoisotopic (exact) mass is 491 g/mol. The number of para-hydroxylation sites is 1. The molecule has 3 rings (SSSR count). The molecular formula is C26H34ClNO6. The van der Waals surface area contributed by atoms with Crippen LogP contribution >= 0.6 is 0 Å². The number of ether oxygens (including phenoxy) is 3. The first-order chi connectivity index (χ1) is 15.9. The van der Waals surface area contributed by atoms with Gasteiger partial charge in [0.15, 0.2) is 6.10 Å². The van der Waals surface area contributed by atoms with Gasteiger partial charge in [-0.3, -0.25) is 9.59 Å². The molecule has 3 atom stereocenters. The number of rotatable bonds is 12. The van der Waals surface area contributed by atoms with E-state index in [2.05, 4.69) is 25.2 Å². The molecule has 0 aromatic heterocycles. The van der Waals surface area contributed by atoms with Crippen molar-refractivity contribution < 1.29 is 46.2 Å². The zero-order valence-corrected chi connectivity index (χ0v) is 20.6. The number of carboxylic acid groups (broad SMARTS) is 1. The average molecular weight is 492 g/mol. The molecule has 1 unspecified atom stereocenters. The van der Waals surface area contributed by atoms with Crippen molar-refractivity contribution in [3.63, 3.8) is 0 Å². The van der Waals surface area contributed by atoms with Gasteiger partial charge in [0.25, 0.3) is 0 Å². The summed E-state index contributed by atoms with van der Waals surface area (Å²) in [6.45, 7) is 1.33. The van der Waals surface area contributed by atoms with Crippen LogP contribution in [-0.4, -0.2) is 56.5 Å². The number of carbonyl (C=O) groups excluding carboxylic acids is 1. The standard InChI is InChI=1S/C26H33NO6.ClH/c1-27-18-23(33-26(30)13-12-25(28)29)17-21(27)14-15-32-24-9-4-3-7-20(24)11-10-19-6-5-8-22(16-19)31-2;/h3-9,16,21,23H,10-15,17-18H2,1-2H3,(H,28,29);1H/t21-,23-;/m1./s1. The molecule has 2 N–H and O–H groups in total. The van der Waals surface area contributed by atoms with E-state index < -0.39 is 11.9 Å². The highest BCUT2D eigenvalue weighted by Crippen LogP contribution is 2.22. The van der Waals surface area contributed by atoms with Gasteiger partial charge in [0.05, 0.1) is 39.6 Å². The molecule has 1 aliphatic rings. The number of likely N-dealkylation sites (N-methyl/N-ethyl adjacent to an activating group) is 1. The number of carbonyl (C=O) groups is 2. The number of benzene rings is 2. The van der Waals surface area contributed by atoms with Crippen molar-refractivity contribution >= 4 is 11.9 Å². The van der Waals surface area contributed by atoms with Crippen LogP contribution in [0, 0.1) is 0 Å². The molecule has 0 saturated carbocycles. The van der Waals surface area contributed by atoms with Crippen LogP contribution in [0.2, 0.25) is 0 Å². The first-order valence-electron chi connectivity index (χ1n) is 11.5. The maximum atomic E-state index is 11.8. The topological polar surface area (TPSA) is 86.5 Å². The minimum absolute atomic E-state index is 0. The molecule has 1 saturated heterocycles. The van der Waals surface area contributed by atoms with E-state index in [0.29, 0.717) is 12.6 Å². The molecule has 1 fully saturated rings. The molecule has 8 heteroatoms. The lowest BCUT2D eigenvalue weighted by Gasteiger charge is -2.17. The van der Waals surface area contributed by atoms with Gasteiger partial charge in [-0.2, -0.15) is 0 Å². The van der Waals surface area contributed by atoms with Crippen LogP contribution in [0.1, 0.15) is 36.8 Å². The molecule has 0 bridgehead atoms. The number of quaternary nitrogens is 1. The Labute approximate surface area is 207 Å². The fourth-order valence-corrected chi connectivity index (χ4v) is 4.30. The molecule has 1 aliphatic heterocycles. The van der Waals surface area contributed by atoms with E-state index in [1.54, 1.807) is 7.11 Å². The first-order valence-corrected chi connectivity index (χ1v) is 11.5. The molecule has 34 heavy (non-hydrogen) atoms. The molecule has 0 amide bonds. The van der Waals surface area contributed by atoms with E-state index in [1.165, 1.54) is 16.0 Å². The van der Waals surface area contributed by atoms with Crippen LogP contribution in [0.4, 0.5) is 0 Å². The number of halogens is 1. The molecule has 0 aliphatic carbocycles. The predicted molar refractivity (Wildman–Crippen MR) is 124 cm³/mol. The molecule has 186 valence electrons. The number of carboxylic acids is 1. The van der Waals surface area contributed by atoms with Gasteiger partial charge in [0.1, 0.15) is 18.0 Å². The van der Waals surface area contributed by atoms with Crippen LogP contribution in [0.5, 0.6) is 11.5 Å². The Hall–Kier alpha value is -2.77. The van der Waals surface area contributed by atoms with E-state index in [0.717, 1.165) is 43.7 Å². The number of hydrogen-bond donors (Lipinski definition) is 2. The van der Waals surface area contributed by atoms with Gasteiger partial charge >= 0.3 is 11.9 Å². The summed E-state index contributed by atoms with van der Waals surface area (Å²) in [5.41, 5.74) is 2.40. The van der Waals surface area contributed by atoms with Gasteiger partial charge in [0.2, 0.25) is 0 Å². The Morgan fingerprint density at radius 1 is 1.09 bits per heavy atom. The molecule has 7 nitrogen and oxygen atoms in total. The van der Waals surface area contributed by atoms with Gasteiger partial charge in [-0.05, 0) is 42.2 Å². The van der Waals surface area contributed by atoms with Crippen molar-refractivity contribution in [1.82, 2.24) is 0 Å². The zero-order chi connectivity index (χ0) is 23.6. The molecular weight excluding hydrogens is 458 g/mol. The molecule has 0 spiro atoms. The largest absolute Gasteiger partial charge is 1.00 e. The fourth-order valence-electron chi connectivity index (χ4n) is 4.30. The predicted octanol–water partition coefficient (Wildman–Crippen LogP) is -0.683. The maximum absolute atomic E-state index is 11.8. The van der Waals surface area contributed by atoms with Crippen LogP contribution in [0.25, 0.3) is 0 Å². The summed E-state index contributed by atoms with van der Waals surface area (Å²) in [7, 11) is 3.77. The molecule has 0 radical (unpaired) electrons. The second-order valence-corrected chi connectivity index (χ2v) is 8.59. The highest BCUT2D eigenvalue weighted by atomic mass is 35.5. The lowest BCUT2D eigenvalue weighted by atomic mass is 10.0. The minimum Gasteiger partial charge on any atom is -1.00 e. The third kappa shape index (κ3) is 8.54. The lowest BCUT2D eigenvalue weighted by molar-refractivity contribution is -0.893. The molecule has 2 aromatic carbocycles. The molecule has 1 heterocycles. The van der Waals surface area contributed by atoms with Crippen LogP contribution in [-0.2, 0) is 27.2 Å². The second kappa shape index (κ2) is 13.8. The molecule has 2 aromatic rings. The van der Waals surface area contributed by atoms with E-state index in [1.807, 2.05) is 30.3 Å². The summed E-state index contributed by atoms with van der Waals surface area (Å²) in [6, 6.07) is 16.6. The third-order valence-electron chi connectivity index (χ3n) is 6.15. The highest BCUT2D eigenvalue weighted by molar-refractivity contribution is 5.76. The van der Waals surface area contributed by atoms with Gasteiger partial charge in [-0.25, -0.2) is 0 Å². The summed E-state index contributed by atoms with van der Waals surface area (Å²) in [6.07, 6.45) is 2.99. The number of likely N-dealkylation sites (tertiary alicyclic amines) is 1. The normalized spacial score (nSPS) is 19.2. The number of aliphatic carboxylic acids is 1. The number of methoxy groups -OCH3 is 1. The zero-order valence-electron chi connectivity index (χ0n) is 19.8. The van der Waals surface area contributed by atoms with Crippen LogP contribution < -0.4 is 26.8 Å². The number of hydrogen-bond acceptors (Lipinski definition) is 5. The van der Waals surface area contributed by atoms with Crippen molar-refractivity contribution in [2.24, 2.45) is 0 Å². The van der Waals surface area contributed by atoms with Crippen LogP contribution in [0.15, 0.2) is 48.5 Å². The number of nitrogens with one attached hydrogen (secondary N) is 1. The minimum atomic E-state index is -0.986. The maximum Gasteiger partial charge on any atom is 0.306 e. The Morgan fingerprint density at radius 3 is 2.65 bits per heavy atom. The van der Waals surface area contributed by atoms with Crippen LogP contribution in [0.3, 0.4) is 0 Å². The van der Waals surface area contributed by atoms with Crippen molar-refractivity contribution in [2.75, 3.05) is 27.3 Å². The quantitative estimate of drug-likeness (QED) is 0.383. The Morgan fingerprint density at radius 2 is 1.88 bits per heavy atom. The van der Waals surface area contributed by atoms with Gasteiger partial charge in [0, 0.05) is 12.8 Å². The van der Waals surface area contributed by atoms with E-state index in [4.69, 9.17) is 19.3 Å². The summed E-state index contributed by atoms with van der Waals surface area (Å²) in [5.74, 6) is 0.357. The highest BCUT2D eigenvalue weighted by Gasteiger charge is 2.35. The third-order valence-corrected chi connectivity index (χ3v) is 6.15. The smallest absolute Gasteiger partial charge is 0.306 e. The van der Waals surface area contributed by atoms with Crippen molar-refractivity contribution in [1.29, 1.82) is 0 Å². The SMILES string of the molecule is COc1cccc(CCc2ccccc2OCC[C@@H]2C[C@@H](OC(=O)CCC(=O)O)C[NH+]2C)c1.[Cl-]. The van der Waals surface area contributed by atoms with E-state index in [-0.39, 0.29) is 31.4 Å². The number of aryl methyl sites for hydroxylation is 2. The Balaban J connectivity index is 0.00000408. The van der Waals surface area contributed by atoms with Gasteiger partial charge in [-0.1, -0.05) is 30.3 Å². The van der Waals surface area contributed by atoms with Crippen molar-refractivity contribution in [3.8, 4) is 11.5 Å². The lowest BCUT2D eigenvalue weighted by Crippen LogP contribution is -3.11.